The van der Waals surface area contributed by atoms with E-state index in [9.17, 15) is 4.39 Å². The maximum absolute atomic E-state index is 13.3. The fourth-order valence-electron chi connectivity index (χ4n) is 2.10. The van der Waals surface area contributed by atoms with Crippen LogP contribution >= 0.6 is 0 Å². The molecule has 0 aliphatic heterocycles. The third kappa shape index (κ3) is 2.76. The molecule has 0 saturated heterocycles. The van der Waals surface area contributed by atoms with Gasteiger partial charge in [-0.1, -0.05) is 6.07 Å². The Labute approximate surface area is 112 Å². The number of ether oxygens (including phenoxy) is 1. The van der Waals surface area contributed by atoms with Gasteiger partial charge in [-0.2, -0.15) is 5.10 Å². The van der Waals surface area contributed by atoms with Gasteiger partial charge in [-0.15, -0.1) is 0 Å². The molecule has 2 N–H and O–H groups in total. The summed E-state index contributed by atoms with van der Waals surface area (Å²) in [6, 6.07) is 6.29. The first kappa shape index (κ1) is 13.5. The van der Waals surface area contributed by atoms with E-state index in [2.05, 4.69) is 5.10 Å². The fraction of sp³-hybridized carbons (Fsp3) is 0.357. The first-order valence-electron chi connectivity index (χ1n) is 6.26. The second kappa shape index (κ2) is 5.84. The molecule has 2 aromatic rings. The van der Waals surface area contributed by atoms with Crippen LogP contribution in [0.2, 0.25) is 0 Å². The smallest absolute Gasteiger partial charge is 0.219 e. The van der Waals surface area contributed by atoms with Crippen molar-refractivity contribution in [2.75, 3.05) is 13.7 Å². The Balaban J connectivity index is 2.46. The van der Waals surface area contributed by atoms with Crippen LogP contribution in [0.5, 0.6) is 5.88 Å². The van der Waals surface area contributed by atoms with Crippen molar-refractivity contribution in [2.45, 2.75) is 19.8 Å². The van der Waals surface area contributed by atoms with Gasteiger partial charge in [-0.05, 0) is 44.5 Å². The number of rotatable bonds is 5. The molecule has 0 bridgehead atoms. The zero-order valence-electron chi connectivity index (χ0n) is 11.2. The highest BCUT2D eigenvalue weighted by molar-refractivity contribution is 5.41. The van der Waals surface area contributed by atoms with Gasteiger partial charge < -0.3 is 10.5 Å². The second-order valence-corrected chi connectivity index (χ2v) is 4.36. The maximum atomic E-state index is 13.3. The van der Waals surface area contributed by atoms with E-state index in [0.29, 0.717) is 18.1 Å². The van der Waals surface area contributed by atoms with Crippen LogP contribution in [0.25, 0.3) is 5.69 Å². The van der Waals surface area contributed by atoms with E-state index < -0.39 is 0 Å². The van der Waals surface area contributed by atoms with Crippen molar-refractivity contribution in [3.8, 4) is 11.6 Å². The molecule has 0 saturated carbocycles. The zero-order chi connectivity index (χ0) is 13.8. The number of aryl methyl sites for hydroxylation is 1. The molecule has 0 amide bonds. The molecule has 102 valence electrons. The largest absolute Gasteiger partial charge is 0.481 e. The number of nitrogens with zero attached hydrogens (tertiary/aromatic N) is 2. The summed E-state index contributed by atoms with van der Waals surface area (Å²) in [5, 5.41) is 4.43. The molecular formula is C14H18FN3O. The Kier molecular flexibility index (Phi) is 4.16. The van der Waals surface area contributed by atoms with Crippen molar-refractivity contribution in [2.24, 2.45) is 5.73 Å². The minimum atomic E-state index is -0.295. The average Bonchev–Trinajstić information content (AvgIpc) is 2.72. The van der Waals surface area contributed by atoms with Crippen LogP contribution in [0.3, 0.4) is 0 Å². The molecule has 0 aliphatic carbocycles. The summed E-state index contributed by atoms with van der Waals surface area (Å²) in [7, 11) is 1.60. The van der Waals surface area contributed by atoms with Gasteiger partial charge in [0.05, 0.1) is 18.5 Å². The Morgan fingerprint density at radius 3 is 2.84 bits per heavy atom. The molecule has 0 atom stereocenters. The molecule has 1 heterocycles. The summed E-state index contributed by atoms with van der Waals surface area (Å²) in [4.78, 5) is 0. The highest BCUT2D eigenvalue weighted by atomic mass is 19.1. The van der Waals surface area contributed by atoms with E-state index in [-0.39, 0.29) is 5.82 Å². The van der Waals surface area contributed by atoms with Gasteiger partial charge in [0.25, 0.3) is 0 Å². The van der Waals surface area contributed by atoms with E-state index in [1.54, 1.807) is 23.9 Å². The fourth-order valence-corrected chi connectivity index (χ4v) is 2.10. The number of aromatic nitrogens is 2. The Morgan fingerprint density at radius 2 is 2.21 bits per heavy atom. The molecule has 4 nitrogen and oxygen atoms in total. The van der Waals surface area contributed by atoms with Crippen LogP contribution in [0.4, 0.5) is 4.39 Å². The lowest BCUT2D eigenvalue weighted by Gasteiger charge is -2.08. The molecule has 0 radical (unpaired) electrons. The van der Waals surface area contributed by atoms with Crippen molar-refractivity contribution in [1.82, 2.24) is 9.78 Å². The molecule has 0 spiro atoms. The topological polar surface area (TPSA) is 53.1 Å². The van der Waals surface area contributed by atoms with Crippen LogP contribution < -0.4 is 10.5 Å². The summed E-state index contributed by atoms with van der Waals surface area (Å²) in [5.74, 6) is 0.354. The highest BCUT2D eigenvalue weighted by Gasteiger charge is 2.16. The van der Waals surface area contributed by atoms with Crippen molar-refractivity contribution in [3.63, 3.8) is 0 Å². The minimum absolute atomic E-state index is 0.295. The Morgan fingerprint density at radius 1 is 1.42 bits per heavy atom. The SMILES string of the molecule is COc1c(CCCN)c(C)nn1-c1cccc(F)c1. The molecule has 0 aliphatic rings. The minimum Gasteiger partial charge on any atom is -0.481 e. The molecule has 1 aromatic heterocycles. The molecule has 0 unspecified atom stereocenters. The average molecular weight is 263 g/mol. The van der Waals surface area contributed by atoms with E-state index in [0.717, 1.165) is 24.1 Å². The van der Waals surface area contributed by atoms with Crippen LogP contribution in [0.15, 0.2) is 24.3 Å². The summed E-state index contributed by atoms with van der Waals surface area (Å²) < 4.78 is 20.4. The van der Waals surface area contributed by atoms with Gasteiger partial charge in [0, 0.05) is 5.56 Å². The lowest BCUT2D eigenvalue weighted by Crippen LogP contribution is -2.03. The molecule has 5 heteroatoms. The molecular weight excluding hydrogens is 245 g/mol. The first-order chi connectivity index (χ1) is 9.17. The quantitative estimate of drug-likeness (QED) is 0.900. The highest BCUT2D eigenvalue weighted by Crippen LogP contribution is 2.26. The predicted molar refractivity (Wildman–Crippen MR) is 72.2 cm³/mol. The van der Waals surface area contributed by atoms with Crippen molar-refractivity contribution < 1.29 is 9.13 Å². The zero-order valence-corrected chi connectivity index (χ0v) is 11.2. The summed E-state index contributed by atoms with van der Waals surface area (Å²) >= 11 is 0. The standard InChI is InChI=1S/C14H18FN3O/c1-10-13(7-4-8-16)14(19-2)18(17-10)12-6-3-5-11(15)9-12/h3,5-6,9H,4,7-8,16H2,1-2H3. The van der Waals surface area contributed by atoms with Gasteiger partial charge in [-0.25, -0.2) is 9.07 Å². The van der Waals surface area contributed by atoms with E-state index in [1.165, 1.54) is 12.1 Å². The maximum Gasteiger partial charge on any atom is 0.219 e. The van der Waals surface area contributed by atoms with Crippen molar-refractivity contribution in [3.05, 3.63) is 41.3 Å². The Hall–Kier alpha value is -1.88. The Bertz CT molecular complexity index is 566. The normalized spacial score (nSPS) is 10.7. The van der Waals surface area contributed by atoms with E-state index in [4.69, 9.17) is 10.5 Å². The third-order valence-electron chi connectivity index (χ3n) is 3.01. The van der Waals surface area contributed by atoms with Crippen LogP contribution in [-0.4, -0.2) is 23.4 Å². The molecule has 19 heavy (non-hydrogen) atoms. The lowest BCUT2D eigenvalue weighted by atomic mass is 10.1. The lowest BCUT2D eigenvalue weighted by molar-refractivity contribution is 0.379. The van der Waals surface area contributed by atoms with Gasteiger partial charge in [0.15, 0.2) is 0 Å². The number of nitrogens with two attached hydrogens (primary N) is 1. The van der Waals surface area contributed by atoms with E-state index >= 15 is 0 Å². The number of halogens is 1. The summed E-state index contributed by atoms with van der Waals surface area (Å²) in [5.41, 5.74) is 8.10. The summed E-state index contributed by atoms with van der Waals surface area (Å²) in [6.45, 7) is 2.54. The van der Waals surface area contributed by atoms with Crippen molar-refractivity contribution in [1.29, 1.82) is 0 Å². The number of hydrogen-bond acceptors (Lipinski definition) is 3. The molecule has 2 rings (SSSR count). The number of hydrogen-bond donors (Lipinski definition) is 1. The predicted octanol–water partition coefficient (Wildman–Crippen LogP) is 2.22. The van der Waals surface area contributed by atoms with Gasteiger partial charge in [-0.3, -0.25) is 0 Å². The first-order valence-corrected chi connectivity index (χ1v) is 6.26. The monoisotopic (exact) mass is 263 g/mol. The second-order valence-electron chi connectivity index (χ2n) is 4.36. The third-order valence-corrected chi connectivity index (χ3v) is 3.01. The summed E-state index contributed by atoms with van der Waals surface area (Å²) in [6.07, 6.45) is 1.67. The number of methoxy groups -OCH3 is 1. The van der Waals surface area contributed by atoms with Crippen LogP contribution in [0, 0.1) is 12.7 Å². The van der Waals surface area contributed by atoms with Crippen LogP contribution in [-0.2, 0) is 6.42 Å². The molecule has 1 aromatic carbocycles. The van der Waals surface area contributed by atoms with Gasteiger partial charge in [0.1, 0.15) is 5.82 Å². The number of benzene rings is 1. The van der Waals surface area contributed by atoms with E-state index in [1.807, 2.05) is 6.92 Å². The van der Waals surface area contributed by atoms with Gasteiger partial charge in [0.2, 0.25) is 5.88 Å². The molecule has 0 fully saturated rings. The van der Waals surface area contributed by atoms with Crippen LogP contribution in [0.1, 0.15) is 17.7 Å². The van der Waals surface area contributed by atoms with Crippen molar-refractivity contribution >= 4 is 0 Å². The van der Waals surface area contributed by atoms with Gasteiger partial charge >= 0.3 is 0 Å².